The van der Waals surface area contributed by atoms with Gasteiger partial charge in [-0.05, 0) is 31.5 Å². The summed E-state index contributed by atoms with van der Waals surface area (Å²) < 4.78 is 37.0. The van der Waals surface area contributed by atoms with E-state index >= 15 is 0 Å². The lowest BCUT2D eigenvalue weighted by Gasteiger charge is -2.11. The minimum Gasteiger partial charge on any atom is -0.508 e. The van der Waals surface area contributed by atoms with Crippen molar-refractivity contribution in [3.63, 3.8) is 0 Å². The highest BCUT2D eigenvalue weighted by molar-refractivity contribution is 6.31. The smallest absolute Gasteiger partial charge is 0.416 e. The van der Waals surface area contributed by atoms with Gasteiger partial charge in [-0.3, -0.25) is 0 Å². The molecule has 16 heavy (non-hydrogen) atoms. The maximum absolute atomic E-state index is 12.3. The van der Waals surface area contributed by atoms with E-state index in [0.717, 1.165) is 6.07 Å². The van der Waals surface area contributed by atoms with Gasteiger partial charge in [0, 0.05) is 10.6 Å². The van der Waals surface area contributed by atoms with Gasteiger partial charge in [0.2, 0.25) is 0 Å². The van der Waals surface area contributed by atoms with Crippen molar-refractivity contribution >= 4 is 11.6 Å². The van der Waals surface area contributed by atoms with Crippen LogP contribution in [-0.4, -0.2) is 11.7 Å². The second kappa shape index (κ2) is 4.93. The first-order valence-electron chi connectivity index (χ1n) is 4.65. The second-order valence-electron chi connectivity index (χ2n) is 3.35. The average molecular weight is 254 g/mol. The van der Waals surface area contributed by atoms with E-state index < -0.39 is 17.5 Å². The highest BCUT2D eigenvalue weighted by atomic mass is 35.5. The van der Waals surface area contributed by atoms with Crippen LogP contribution in [0.3, 0.4) is 0 Å². The molecule has 0 aliphatic heterocycles. The summed E-state index contributed by atoms with van der Waals surface area (Å²) in [4.78, 5) is 0. The highest BCUT2D eigenvalue weighted by Crippen LogP contribution is 2.36. The number of phenolic OH excluding ortho intramolecular Hbond substituents is 1. The van der Waals surface area contributed by atoms with E-state index in [0.29, 0.717) is 31.0 Å². The molecule has 0 aliphatic carbocycles. The van der Waals surface area contributed by atoms with Gasteiger partial charge >= 0.3 is 6.18 Å². The van der Waals surface area contributed by atoms with E-state index in [1.165, 1.54) is 0 Å². The summed E-state index contributed by atoms with van der Waals surface area (Å²) in [6.07, 6.45) is -3.59. The van der Waals surface area contributed by atoms with Crippen molar-refractivity contribution in [1.82, 2.24) is 0 Å². The molecular formula is C10H11ClF3NO. The molecule has 90 valence electrons. The Bertz CT molecular complexity index is 356. The number of alkyl halides is 3. The lowest BCUT2D eigenvalue weighted by molar-refractivity contribution is -0.137. The minimum absolute atomic E-state index is 0.0826. The number of halogens is 4. The first-order chi connectivity index (χ1) is 7.36. The Hall–Kier alpha value is -0.940. The lowest BCUT2D eigenvalue weighted by atomic mass is 10.1. The Labute approximate surface area is 95.8 Å². The van der Waals surface area contributed by atoms with Crippen LogP contribution in [-0.2, 0) is 12.6 Å². The zero-order valence-electron chi connectivity index (χ0n) is 8.31. The average Bonchev–Trinajstić information content (AvgIpc) is 2.15. The van der Waals surface area contributed by atoms with E-state index in [9.17, 15) is 18.3 Å². The number of hydrogen-bond donors (Lipinski definition) is 2. The molecule has 0 heterocycles. The normalized spacial score (nSPS) is 11.8. The van der Waals surface area contributed by atoms with Crippen molar-refractivity contribution in [2.24, 2.45) is 5.73 Å². The van der Waals surface area contributed by atoms with Crippen molar-refractivity contribution in [2.75, 3.05) is 6.54 Å². The second-order valence-corrected chi connectivity index (χ2v) is 3.75. The fourth-order valence-electron chi connectivity index (χ4n) is 1.31. The van der Waals surface area contributed by atoms with Gasteiger partial charge in [0.25, 0.3) is 0 Å². The third kappa shape index (κ3) is 3.02. The highest BCUT2D eigenvalue weighted by Gasteiger charge is 2.32. The molecule has 0 aliphatic rings. The fraction of sp³-hybridized carbons (Fsp3) is 0.400. The monoisotopic (exact) mass is 253 g/mol. The number of aromatic hydroxyl groups is 1. The fourth-order valence-corrected chi connectivity index (χ4v) is 1.62. The van der Waals surface area contributed by atoms with Crippen molar-refractivity contribution in [1.29, 1.82) is 0 Å². The molecule has 2 nitrogen and oxygen atoms in total. The van der Waals surface area contributed by atoms with E-state index in [1.54, 1.807) is 0 Å². The molecule has 3 N–H and O–H groups in total. The number of phenols is 1. The third-order valence-corrected chi connectivity index (χ3v) is 2.47. The topological polar surface area (TPSA) is 46.2 Å². The van der Waals surface area contributed by atoms with Gasteiger partial charge in [-0.15, -0.1) is 0 Å². The van der Waals surface area contributed by atoms with Crippen LogP contribution in [0.25, 0.3) is 0 Å². The molecular weight excluding hydrogens is 243 g/mol. The van der Waals surface area contributed by atoms with Gasteiger partial charge in [0.05, 0.1) is 5.56 Å². The largest absolute Gasteiger partial charge is 0.508 e. The van der Waals surface area contributed by atoms with E-state index in [4.69, 9.17) is 17.3 Å². The quantitative estimate of drug-likeness (QED) is 0.870. The molecule has 0 atom stereocenters. The lowest BCUT2D eigenvalue weighted by Crippen LogP contribution is -2.06. The molecule has 1 rings (SSSR count). The van der Waals surface area contributed by atoms with E-state index in [-0.39, 0.29) is 5.02 Å². The number of nitrogens with two attached hydrogens (primary N) is 1. The Morgan fingerprint density at radius 2 is 1.94 bits per heavy atom. The minimum atomic E-state index is -4.51. The van der Waals surface area contributed by atoms with Crippen LogP contribution in [0.15, 0.2) is 12.1 Å². The molecule has 6 heteroatoms. The van der Waals surface area contributed by atoms with Crippen LogP contribution in [0.4, 0.5) is 13.2 Å². The van der Waals surface area contributed by atoms with Gasteiger partial charge in [0.15, 0.2) is 0 Å². The predicted octanol–water partition coefficient (Wildman–Crippen LogP) is 2.96. The van der Waals surface area contributed by atoms with Crippen molar-refractivity contribution < 1.29 is 18.3 Å². The van der Waals surface area contributed by atoms with Crippen LogP contribution >= 0.6 is 11.6 Å². The first-order valence-corrected chi connectivity index (χ1v) is 5.02. The van der Waals surface area contributed by atoms with Crippen LogP contribution in [0.1, 0.15) is 17.5 Å². The predicted molar refractivity (Wildman–Crippen MR) is 55.5 cm³/mol. The number of benzene rings is 1. The zero-order valence-corrected chi connectivity index (χ0v) is 9.07. The summed E-state index contributed by atoms with van der Waals surface area (Å²) >= 11 is 5.68. The van der Waals surface area contributed by atoms with Crippen molar-refractivity contribution in [2.45, 2.75) is 19.0 Å². The maximum atomic E-state index is 12.3. The van der Waals surface area contributed by atoms with Crippen LogP contribution in [0, 0.1) is 0 Å². The molecule has 0 unspecified atom stereocenters. The summed E-state index contributed by atoms with van der Waals surface area (Å²) in [7, 11) is 0. The van der Waals surface area contributed by atoms with E-state index in [2.05, 4.69) is 0 Å². The Balaban J connectivity index is 3.08. The molecule has 1 aromatic carbocycles. The third-order valence-electron chi connectivity index (χ3n) is 2.13. The van der Waals surface area contributed by atoms with Gasteiger partial charge < -0.3 is 10.8 Å². The molecule has 0 radical (unpaired) electrons. The molecule has 1 aromatic rings. The van der Waals surface area contributed by atoms with Crippen LogP contribution in [0.5, 0.6) is 5.75 Å². The summed E-state index contributed by atoms with van der Waals surface area (Å²) in [6.45, 7) is 0.386. The van der Waals surface area contributed by atoms with Gasteiger partial charge in [-0.25, -0.2) is 0 Å². The molecule has 0 saturated carbocycles. The maximum Gasteiger partial charge on any atom is 0.416 e. The van der Waals surface area contributed by atoms with Crippen LogP contribution in [0.2, 0.25) is 5.02 Å². The van der Waals surface area contributed by atoms with Crippen molar-refractivity contribution in [3.8, 4) is 5.75 Å². The van der Waals surface area contributed by atoms with E-state index in [1.807, 2.05) is 0 Å². The molecule has 0 fully saturated rings. The Morgan fingerprint density at radius 1 is 1.31 bits per heavy atom. The molecule has 0 spiro atoms. The standard InChI is InChI=1S/C10H11ClF3NO/c11-8-4-6(10(12,13)14)5-9(16)7(8)2-1-3-15/h4-5,16H,1-3,15H2. The van der Waals surface area contributed by atoms with Gasteiger partial charge in [-0.2, -0.15) is 13.2 Å². The summed E-state index contributed by atoms with van der Waals surface area (Å²) in [5.41, 5.74) is 4.62. The van der Waals surface area contributed by atoms with Gasteiger partial charge in [0.1, 0.15) is 5.75 Å². The van der Waals surface area contributed by atoms with Gasteiger partial charge in [-0.1, -0.05) is 11.6 Å². The zero-order chi connectivity index (χ0) is 12.3. The SMILES string of the molecule is NCCCc1c(O)cc(C(F)(F)F)cc1Cl. The summed E-state index contributed by atoms with van der Waals surface area (Å²) in [5, 5.41) is 9.35. The molecule has 0 saturated heterocycles. The summed E-state index contributed by atoms with van der Waals surface area (Å²) in [6, 6.07) is 1.49. The molecule has 0 aromatic heterocycles. The number of hydrogen-bond acceptors (Lipinski definition) is 2. The summed E-state index contributed by atoms with van der Waals surface area (Å²) in [5.74, 6) is -0.437. The molecule has 0 amide bonds. The first kappa shape index (κ1) is 13.1. The van der Waals surface area contributed by atoms with Crippen molar-refractivity contribution in [3.05, 3.63) is 28.3 Å². The molecule has 0 bridgehead atoms. The van der Waals surface area contributed by atoms with Crippen LogP contribution < -0.4 is 5.73 Å². The number of rotatable bonds is 3. The Morgan fingerprint density at radius 3 is 2.38 bits per heavy atom. The Kier molecular flexibility index (Phi) is 4.04.